The van der Waals surface area contributed by atoms with Crippen molar-refractivity contribution in [2.45, 2.75) is 40.3 Å². The molecule has 1 unspecified atom stereocenters. The van der Waals surface area contributed by atoms with Crippen LogP contribution in [-0.2, 0) is 9.09 Å². The molecule has 0 aromatic carbocycles. The fourth-order valence-corrected chi connectivity index (χ4v) is 2.67. The molecule has 0 fully saturated rings. The third-order valence-corrected chi connectivity index (χ3v) is 3.63. The van der Waals surface area contributed by atoms with Gasteiger partial charge in [0.05, 0.1) is 19.6 Å². The fraction of sp³-hybridized carbons (Fsp3) is 1.00. The first kappa shape index (κ1) is 15.1. The van der Waals surface area contributed by atoms with Crippen molar-refractivity contribution >= 4 is 7.82 Å². The first-order chi connectivity index (χ1) is 6.85. The molecular weight excluding hydrogens is 217 g/mol. The van der Waals surface area contributed by atoms with Crippen LogP contribution in [0.5, 0.6) is 0 Å². The van der Waals surface area contributed by atoms with Crippen molar-refractivity contribution in [2.24, 2.45) is 0 Å². The lowest BCUT2D eigenvalue weighted by Gasteiger charge is -2.41. The van der Waals surface area contributed by atoms with Crippen LogP contribution < -0.4 is 0 Å². The van der Waals surface area contributed by atoms with E-state index in [1.165, 1.54) is 0 Å². The summed E-state index contributed by atoms with van der Waals surface area (Å²) in [7, 11) is -4.39. The minimum Gasteiger partial charge on any atom is -0.303 e. The van der Waals surface area contributed by atoms with Crippen molar-refractivity contribution in [2.75, 3.05) is 19.6 Å². The molecular formula is C9H23NO4P+. The number of hydrogen-bond acceptors (Lipinski definition) is 2. The van der Waals surface area contributed by atoms with Gasteiger partial charge in [-0.25, -0.2) is 9.09 Å². The lowest BCUT2D eigenvalue weighted by molar-refractivity contribution is -0.964. The largest absolute Gasteiger partial charge is 0.474 e. The van der Waals surface area contributed by atoms with E-state index >= 15 is 0 Å². The maximum atomic E-state index is 10.9. The normalized spacial score (nSPS) is 15.3. The maximum Gasteiger partial charge on any atom is 0.474 e. The standard InChI is InChI=1S/C9H22NO4P/c1-5-9(14-15(11,12)13)10(6-2,7-3)8-4/h9H,5-8H2,1-4H3,(H-,11,12,13)/p+1. The molecule has 0 aliphatic carbocycles. The fourth-order valence-electron chi connectivity index (χ4n) is 2.00. The van der Waals surface area contributed by atoms with E-state index in [4.69, 9.17) is 14.3 Å². The van der Waals surface area contributed by atoms with Gasteiger partial charge in [-0.15, -0.1) is 0 Å². The van der Waals surface area contributed by atoms with Crippen LogP contribution in [-0.4, -0.2) is 40.1 Å². The quantitative estimate of drug-likeness (QED) is 0.404. The molecule has 1 atom stereocenters. The van der Waals surface area contributed by atoms with E-state index in [0.29, 0.717) is 10.9 Å². The molecule has 5 nitrogen and oxygen atoms in total. The summed E-state index contributed by atoms with van der Waals surface area (Å²) in [5.41, 5.74) is 0. The predicted molar refractivity (Wildman–Crippen MR) is 59.1 cm³/mol. The van der Waals surface area contributed by atoms with E-state index < -0.39 is 14.1 Å². The highest BCUT2D eigenvalue weighted by molar-refractivity contribution is 7.46. The van der Waals surface area contributed by atoms with Gasteiger partial charge in [-0.1, -0.05) is 6.92 Å². The molecule has 0 rings (SSSR count). The third kappa shape index (κ3) is 4.21. The second-order valence-corrected chi connectivity index (χ2v) is 4.82. The van der Waals surface area contributed by atoms with Gasteiger partial charge in [-0.2, -0.15) is 0 Å². The number of quaternary nitrogens is 1. The van der Waals surface area contributed by atoms with E-state index in [0.717, 1.165) is 19.6 Å². The van der Waals surface area contributed by atoms with Crippen molar-refractivity contribution in [3.8, 4) is 0 Å². The minimum absolute atomic E-state index is 0.425. The Morgan fingerprint density at radius 3 is 1.73 bits per heavy atom. The predicted octanol–water partition coefficient (Wildman–Crippen LogP) is 1.71. The summed E-state index contributed by atoms with van der Waals surface area (Å²) in [6.07, 6.45) is 0.173. The molecule has 0 heterocycles. The molecule has 0 saturated carbocycles. The SMILES string of the molecule is CCC(OP(=O)(O)O)[N+](CC)(CC)CC. The summed E-state index contributed by atoms with van der Waals surface area (Å²) in [4.78, 5) is 17.7. The van der Waals surface area contributed by atoms with Crippen LogP contribution in [0.2, 0.25) is 0 Å². The molecule has 15 heavy (non-hydrogen) atoms. The minimum atomic E-state index is -4.39. The van der Waals surface area contributed by atoms with Gasteiger partial charge >= 0.3 is 7.82 Å². The summed E-state index contributed by atoms with van der Waals surface area (Å²) in [5.74, 6) is 0. The zero-order valence-electron chi connectivity index (χ0n) is 10.0. The van der Waals surface area contributed by atoms with E-state index in [1.807, 2.05) is 27.7 Å². The topological polar surface area (TPSA) is 66.8 Å². The zero-order chi connectivity index (χ0) is 12.1. The van der Waals surface area contributed by atoms with Gasteiger partial charge in [0.15, 0.2) is 0 Å². The number of nitrogens with zero attached hydrogens (tertiary/aromatic N) is 1. The second-order valence-electron chi connectivity index (χ2n) is 3.63. The Bertz CT molecular complexity index is 216. The van der Waals surface area contributed by atoms with Gasteiger partial charge in [0.2, 0.25) is 6.23 Å². The molecule has 0 saturated heterocycles. The molecule has 2 N–H and O–H groups in total. The Kier molecular flexibility index (Phi) is 5.99. The zero-order valence-corrected chi connectivity index (χ0v) is 10.9. The maximum absolute atomic E-state index is 10.9. The van der Waals surface area contributed by atoms with Crippen LogP contribution in [0.25, 0.3) is 0 Å². The number of hydrogen-bond donors (Lipinski definition) is 2. The van der Waals surface area contributed by atoms with Crippen molar-refractivity contribution in [3.63, 3.8) is 0 Å². The van der Waals surface area contributed by atoms with Crippen molar-refractivity contribution in [3.05, 3.63) is 0 Å². The van der Waals surface area contributed by atoms with E-state index in [2.05, 4.69) is 0 Å². The van der Waals surface area contributed by atoms with Crippen molar-refractivity contribution in [1.29, 1.82) is 0 Å². The van der Waals surface area contributed by atoms with E-state index in [9.17, 15) is 4.57 Å². The van der Waals surface area contributed by atoms with Crippen LogP contribution in [0.4, 0.5) is 0 Å². The van der Waals surface area contributed by atoms with Gasteiger partial charge in [-0.05, 0) is 20.8 Å². The first-order valence-electron chi connectivity index (χ1n) is 5.44. The summed E-state index contributed by atoms with van der Waals surface area (Å²) >= 11 is 0. The third-order valence-electron chi connectivity index (χ3n) is 3.11. The van der Waals surface area contributed by atoms with E-state index in [-0.39, 0.29) is 0 Å². The highest BCUT2D eigenvalue weighted by Gasteiger charge is 2.36. The van der Waals surface area contributed by atoms with Crippen molar-refractivity contribution < 1.29 is 23.4 Å². The Hall–Kier alpha value is 0.0700. The molecule has 0 amide bonds. The Morgan fingerprint density at radius 2 is 1.53 bits per heavy atom. The van der Waals surface area contributed by atoms with Gasteiger partial charge in [0, 0.05) is 6.42 Å². The lowest BCUT2D eigenvalue weighted by Crippen LogP contribution is -2.55. The Morgan fingerprint density at radius 1 is 1.13 bits per heavy atom. The van der Waals surface area contributed by atoms with E-state index in [1.54, 1.807) is 0 Å². The van der Waals surface area contributed by atoms with Crippen LogP contribution >= 0.6 is 7.82 Å². The van der Waals surface area contributed by atoms with Gasteiger partial charge in [0.25, 0.3) is 0 Å². The highest BCUT2D eigenvalue weighted by Crippen LogP contribution is 2.40. The number of phosphoric ester groups is 1. The second kappa shape index (κ2) is 5.97. The molecule has 92 valence electrons. The van der Waals surface area contributed by atoms with Crippen LogP contribution in [0.1, 0.15) is 34.1 Å². The highest BCUT2D eigenvalue weighted by atomic mass is 31.2. The van der Waals surface area contributed by atoms with Crippen molar-refractivity contribution in [1.82, 2.24) is 0 Å². The molecule has 6 heteroatoms. The first-order valence-corrected chi connectivity index (χ1v) is 6.97. The Labute approximate surface area is 91.9 Å². The van der Waals surface area contributed by atoms with Gasteiger partial charge < -0.3 is 9.79 Å². The average molecular weight is 240 g/mol. The molecule has 0 aromatic rings. The summed E-state index contributed by atoms with van der Waals surface area (Å²) < 4.78 is 16.3. The molecule has 0 aromatic heterocycles. The van der Waals surface area contributed by atoms with Crippen LogP contribution in [0, 0.1) is 0 Å². The monoisotopic (exact) mass is 240 g/mol. The molecule has 0 bridgehead atoms. The average Bonchev–Trinajstić information content (AvgIpc) is 2.17. The van der Waals surface area contributed by atoms with Crippen LogP contribution in [0.15, 0.2) is 0 Å². The Balaban J connectivity index is 4.82. The lowest BCUT2D eigenvalue weighted by atomic mass is 10.2. The van der Waals surface area contributed by atoms with Crippen LogP contribution in [0.3, 0.4) is 0 Å². The number of phosphoric acid groups is 1. The smallest absolute Gasteiger partial charge is 0.303 e. The van der Waals surface area contributed by atoms with Gasteiger partial charge in [-0.3, -0.25) is 4.48 Å². The van der Waals surface area contributed by atoms with Gasteiger partial charge in [0.1, 0.15) is 0 Å². The summed E-state index contributed by atoms with van der Waals surface area (Å²) in [6.45, 7) is 10.4. The summed E-state index contributed by atoms with van der Waals surface area (Å²) in [6, 6.07) is 0. The molecule has 0 spiro atoms. The molecule has 0 aliphatic rings. The molecule has 0 aliphatic heterocycles. The molecule has 0 radical (unpaired) electrons. The summed E-state index contributed by atoms with van der Waals surface area (Å²) in [5, 5.41) is 0. The number of rotatable bonds is 7.